The zero-order chi connectivity index (χ0) is 19.7. The molecule has 1 aliphatic carbocycles. The number of rotatable bonds is 6. The largest absolute Gasteiger partial charge is 0.497 e. The number of hydrogen-bond acceptors (Lipinski definition) is 5. The molecule has 7 nitrogen and oxygen atoms in total. The van der Waals surface area contributed by atoms with Gasteiger partial charge in [-0.3, -0.25) is 9.44 Å². The summed E-state index contributed by atoms with van der Waals surface area (Å²) < 4.78 is 58.8. The molecule has 0 fully saturated rings. The summed E-state index contributed by atoms with van der Waals surface area (Å²) in [7, 11) is -6.02. The van der Waals surface area contributed by atoms with Gasteiger partial charge < -0.3 is 4.74 Å². The molecule has 0 radical (unpaired) electrons. The molecule has 0 saturated heterocycles. The Morgan fingerprint density at radius 1 is 0.852 bits per heavy atom. The lowest BCUT2D eigenvalue weighted by Crippen LogP contribution is -2.17. The zero-order valence-corrected chi connectivity index (χ0v) is 16.8. The highest BCUT2D eigenvalue weighted by Gasteiger charge is 2.20. The first-order chi connectivity index (χ1) is 12.7. The third-order valence-electron chi connectivity index (χ3n) is 4.40. The number of fused-ring (bicyclic) bond motifs is 1. The van der Waals surface area contributed by atoms with Crippen LogP contribution in [0.4, 0.5) is 11.4 Å². The van der Waals surface area contributed by atoms with Crippen molar-refractivity contribution < 1.29 is 21.6 Å². The van der Waals surface area contributed by atoms with E-state index < -0.39 is 20.0 Å². The molecule has 9 heteroatoms. The minimum absolute atomic E-state index is 0.0949. The maximum Gasteiger partial charge on any atom is 0.261 e. The third kappa shape index (κ3) is 4.72. The number of sulfonamides is 2. The highest BCUT2D eigenvalue weighted by Crippen LogP contribution is 2.31. The number of methoxy groups -OCH3 is 1. The van der Waals surface area contributed by atoms with Crippen molar-refractivity contribution in [1.82, 2.24) is 0 Å². The molecule has 0 bridgehead atoms. The molecule has 2 N–H and O–H groups in total. The standard InChI is InChI=1S/C18H22N2O5S2/c1-25-15-8-10-17(19-26(2,21)22)18(12-15)20-27(23,24)16-9-7-13-5-3-4-6-14(13)11-16/h7-12,19-20H,3-6H2,1-2H3. The van der Waals surface area contributed by atoms with Crippen LogP contribution in [0.2, 0.25) is 0 Å². The molecule has 27 heavy (non-hydrogen) atoms. The van der Waals surface area contributed by atoms with Crippen LogP contribution in [0.3, 0.4) is 0 Å². The molecule has 3 rings (SSSR count). The number of anilines is 2. The smallest absolute Gasteiger partial charge is 0.261 e. The van der Waals surface area contributed by atoms with E-state index in [9.17, 15) is 16.8 Å². The van der Waals surface area contributed by atoms with Crippen LogP contribution in [0.5, 0.6) is 5.75 Å². The first-order valence-corrected chi connectivity index (χ1v) is 11.9. The van der Waals surface area contributed by atoms with Gasteiger partial charge in [0.25, 0.3) is 10.0 Å². The summed E-state index contributed by atoms with van der Waals surface area (Å²) in [6, 6.07) is 9.56. The summed E-state index contributed by atoms with van der Waals surface area (Å²) in [5, 5.41) is 0. The van der Waals surface area contributed by atoms with Gasteiger partial charge in [-0.05, 0) is 61.1 Å². The molecular weight excluding hydrogens is 388 g/mol. The summed E-state index contributed by atoms with van der Waals surface area (Å²) in [6.45, 7) is 0. The first-order valence-electron chi connectivity index (χ1n) is 8.48. The molecule has 0 spiro atoms. The van der Waals surface area contributed by atoms with E-state index in [0.29, 0.717) is 5.75 Å². The number of nitrogens with one attached hydrogen (secondary N) is 2. The van der Waals surface area contributed by atoms with Crippen LogP contribution < -0.4 is 14.2 Å². The number of ether oxygens (including phenoxy) is 1. The van der Waals surface area contributed by atoms with Gasteiger partial charge in [-0.15, -0.1) is 0 Å². The molecule has 0 atom stereocenters. The Hall–Kier alpha value is -2.26. The second-order valence-corrected chi connectivity index (χ2v) is 9.96. The molecule has 0 saturated carbocycles. The van der Waals surface area contributed by atoms with E-state index in [1.807, 2.05) is 6.07 Å². The third-order valence-corrected chi connectivity index (χ3v) is 6.35. The quantitative estimate of drug-likeness (QED) is 0.762. The van der Waals surface area contributed by atoms with Gasteiger partial charge in [0.05, 0.1) is 29.6 Å². The van der Waals surface area contributed by atoms with Crippen LogP contribution in [0.25, 0.3) is 0 Å². The highest BCUT2D eigenvalue weighted by atomic mass is 32.2. The lowest BCUT2D eigenvalue weighted by Gasteiger charge is -2.18. The second-order valence-electron chi connectivity index (χ2n) is 6.53. The van der Waals surface area contributed by atoms with Gasteiger partial charge in [-0.2, -0.15) is 0 Å². The van der Waals surface area contributed by atoms with Crippen molar-refractivity contribution in [1.29, 1.82) is 0 Å². The van der Waals surface area contributed by atoms with Gasteiger partial charge in [0, 0.05) is 6.07 Å². The Bertz CT molecular complexity index is 1060. The van der Waals surface area contributed by atoms with Crippen molar-refractivity contribution in [3.05, 3.63) is 47.5 Å². The molecule has 1 aliphatic rings. The van der Waals surface area contributed by atoms with E-state index in [-0.39, 0.29) is 16.3 Å². The lowest BCUT2D eigenvalue weighted by molar-refractivity contribution is 0.415. The van der Waals surface area contributed by atoms with Gasteiger partial charge in [0.15, 0.2) is 0 Å². The SMILES string of the molecule is COc1ccc(NS(C)(=O)=O)c(NS(=O)(=O)c2ccc3c(c2)CCCC3)c1. The zero-order valence-electron chi connectivity index (χ0n) is 15.2. The van der Waals surface area contributed by atoms with Crippen molar-refractivity contribution >= 4 is 31.4 Å². The second kappa shape index (κ2) is 7.40. The fourth-order valence-electron chi connectivity index (χ4n) is 3.10. The predicted molar refractivity (Wildman–Crippen MR) is 105 cm³/mol. The van der Waals surface area contributed by atoms with Gasteiger partial charge in [0.1, 0.15) is 5.75 Å². The molecule has 0 aromatic heterocycles. The molecule has 0 unspecified atom stereocenters. The molecule has 2 aromatic carbocycles. The van der Waals surface area contributed by atoms with Crippen LogP contribution in [0.1, 0.15) is 24.0 Å². The Morgan fingerprint density at radius 2 is 1.56 bits per heavy atom. The average Bonchev–Trinajstić information content (AvgIpc) is 2.61. The molecule has 0 amide bonds. The summed E-state index contributed by atoms with van der Waals surface area (Å²) in [5.41, 5.74) is 2.45. The average molecular weight is 411 g/mol. The van der Waals surface area contributed by atoms with Crippen LogP contribution >= 0.6 is 0 Å². The highest BCUT2D eigenvalue weighted by molar-refractivity contribution is 7.93. The van der Waals surface area contributed by atoms with Crippen molar-refractivity contribution in [2.45, 2.75) is 30.6 Å². The van der Waals surface area contributed by atoms with E-state index in [4.69, 9.17) is 4.74 Å². The van der Waals surface area contributed by atoms with Crippen molar-refractivity contribution in [3.63, 3.8) is 0 Å². The van der Waals surface area contributed by atoms with E-state index >= 15 is 0 Å². The van der Waals surface area contributed by atoms with Crippen LogP contribution in [0.15, 0.2) is 41.3 Å². The van der Waals surface area contributed by atoms with E-state index in [0.717, 1.165) is 37.5 Å². The molecule has 2 aromatic rings. The fourth-order valence-corrected chi connectivity index (χ4v) is 4.80. The van der Waals surface area contributed by atoms with Gasteiger partial charge in [-0.25, -0.2) is 16.8 Å². The van der Waals surface area contributed by atoms with Crippen molar-refractivity contribution in [3.8, 4) is 5.75 Å². The summed E-state index contributed by atoms with van der Waals surface area (Å²) in [5.74, 6) is 0.400. The maximum absolute atomic E-state index is 12.9. The molecule has 146 valence electrons. The number of benzene rings is 2. The molecule has 0 aliphatic heterocycles. The first kappa shape index (κ1) is 19.5. The fraction of sp³-hybridized carbons (Fsp3) is 0.333. The van der Waals surface area contributed by atoms with E-state index in [1.165, 1.54) is 24.8 Å². The van der Waals surface area contributed by atoms with E-state index in [2.05, 4.69) is 9.44 Å². The van der Waals surface area contributed by atoms with E-state index in [1.54, 1.807) is 18.2 Å². The van der Waals surface area contributed by atoms with Crippen LogP contribution in [0, 0.1) is 0 Å². The lowest BCUT2D eigenvalue weighted by atomic mass is 9.92. The van der Waals surface area contributed by atoms with Gasteiger partial charge in [-0.1, -0.05) is 6.07 Å². The summed E-state index contributed by atoms with van der Waals surface area (Å²) in [4.78, 5) is 0.149. The number of hydrogen-bond donors (Lipinski definition) is 2. The van der Waals surface area contributed by atoms with Crippen LogP contribution in [-0.4, -0.2) is 30.2 Å². The Labute approximate surface area is 159 Å². The van der Waals surface area contributed by atoms with Crippen molar-refractivity contribution in [2.24, 2.45) is 0 Å². The maximum atomic E-state index is 12.9. The Morgan fingerprint density at radius 3 is 2.22 bits per heavy atom. The van der Waals surface area contributed by atoms with Crippen LogP contribution in [-0.2, 0) is 32.9 Å². The Balaban J connectivity index is 1.97. The van der Waals surface area contributed by atoms with Crippen molar-refractivity contribution in [2.75, 3.05) is 22.8 Å². The monoisotopic (exact) mass is 410 g/mol. The molecular formula is C18H22N2O5S2. The molecule has 0 heterocycles. The summed E-state index contributed by atoms with van der Waals surface area (Å²) >= 11 is 0. The predicted octanol–water partition coefficient (Wildman–Crippen LogP) is 2.75. The minimum atomic E-state index is -3.89. The minimum Gasteiger partial charge on any atom is -0.497 e. The normalized spacial score (nSPS) is 14.3. The summed E-state index contributed by atoms with van der Waals surface area (Å²) in [6.07, 6.45) is 4.98. The van der Waals surface area contributed by atoms with Gasteiger partial charge in [0.2, 0.25) is 10.0 Å². The topological polar surface area (TPSA) is 102 Å². The Kier molecular flexibility index (Phi) is 5.34. The van der Waals surface area contributed by atoms with Gasteiger partial charge >= 0.3 is 0 Å². The number of aryl methyl sites for hydroxylation is 2.